The van der Waals surface area contributed by atoms with E-state index in [1.165, 1.54) is 11.1 Å². The number of ether oxygens (including phenoxy) is 1. The van der Waals surface area contributed by atoms with Crippen molar-refractivity contribution in [1.29, 1.82) is 0 Å². The molecular weight excluding hydrogens is 328 g/mol. The second-order valence-electron chi connectivity index (χ2n) is 9.12. The maximum absolute atomic E-state index is 12.5. The van der Waals surface area contributed by atoms with Crippen LogP contribution in [0.2, 0.25) is 0 Å². The third kappa shape index (κ3) is 2.65. The van der Waals surface area contributed by atoms with Gasteiger partial charge in [0.25, 0.3) is 0 Å². The van der Waals surface area contributed by atoms with Crippen molar-refractivity contribution in [3.8, 4) is 5.75 Å². The number of rotatable bonds is 2. The molecule has 1 aromatic rings. The maximum Gasteiger partial charge on any atom is 0.311 e. The molecule has 6 atom stereocenters. The number of phenolic OH excluding ortho intramolecular Hbond substituents is 1. The fourth-order valence-electron chi connectivity index (χ4n) is 6.13. The van der Waals surface area contributed by atoms with Gasteiger partial charge in [0, 0.05) is 0 Å². The summed E-state index contributed by atoms with van der Waals surface area (Å²) in [7, 11) is 0. The first-order chi connectivity index (χ1) is 12.3. The van der Waals surface area contributed by atoms with Crippen LogP contribution >= 0.6 is 0 Å². The Hall–Kier alpha value is -1.55. The van der Waals surface area contributed by atoms with Crippen LogP contribution in [-0.2, 0) is 16.0 Å². The summed E-state index contributed by atoms with van der Waals surface area (Å²) < 4.78 is 5.43. The first kappa shape index (κ1) is 17.8. The Labute approximate surface area is 155 Å². The number of aliphatic hydroxyl groups is 1. The van der Waals surface area contributed by atoms with Gasteiger partial charge < -0.3 is 14.9 Å². The van der Waals surface area contributed by atoms with Crippen molar-refractivity contribution in [3.63, 3.8) is 0 Å². The Morgan fingerprint density at radius 2 is 2.08 bits per heavy atom. The second kappa shape index (κ2) is 6.26. The van der Waals surface area contributed by atoms with Gasteiger partial charge in [0.15, 0.2) is 0 Å². The molecule has 0 heterocycles. The Kier molecular flexibility index (Phi) is 4.30. The van der Waals surface area contributed by atoms with Crippen LogP contribution in [0, 0.1) is 23.2 Å². The molecule has 2 saturated carbocycles. The van der Waals surface area contributed by atoms with Gasteiger partial charge in [0.05, 0.1) is 18.1 Å². The normalized spacial score (nSPS) is 38.4. The fraction of sp³-hybridized carbons (Fsp3) is 0.682. The number of aromatic hydroxyl groups is 1. The van der Waals surface area contributed by atoms with Crippen LogP contribution < -0.4 is 0 Å². The number of esters is 1. The lowest BCUT2D eigenvalue weighted by molar-refractivity contribution is -0.157. The van der Waals surface area contributed by atoms with E-state index in [2.05, 4.69) is 13.0 Å². The molecule has 0 amide bonds. The molecule has 2 N–H and O–H groups in total. The van der Waals surface area contributed by atoms with Crippen LogP contribution in [0.3, 0.4) is 0 Å². The van der Waals surface area contributed by atoms with E-state index in [9.17, 15) is 15.0 Å². The molecule has 0 aromatic heterocycles. The van der Waals surface area contributed by atoms with Gasteiger partial charge in [-0.3, -0.25) is 4.79 Å². The molecule has 2 fully saturated rings. The lowest BCUT2D eigenvalue weighted by atomic mass is 9.55. The van der Waals surface area contributed by atoms with Crippen LogP contribution in [-0.4, -0.2) is 28.4 Å². The number of benzene rings is 1. The van der Waals surface area contributed by atoms with Crippen LogP contribution in [0.1, 0.15) is 63.5 Å². The Morgan fingerprint density at radius 3 is 2.81 bits per heavy atom. The van der Waals surface area contributed by atoms with Crippen molar-refractivity contribution >= 4 is 5.97 Å². The summed E-state index contributed by atoms with van der Waals surface area (Å²) in [6.07, 6.45) is 3.99. The molecule has 0 bridgehead atoms. The average Bonchev–Trinajstić information content (AvgIpc) is 2.85. The second-order valence-corrected chi connectivity index (χ2v) is 9.12. The fourth-order valence-corrected chi connectivity index (χ4v) is 6.13. The monoisotopic (exact) mass is 358 g/mol. The number of hydrogen-bond donors (Lipinski definition) is 2. The lowest BCUT2D eigenvalue weighted by Gasteiger charge is -2.50. The quantitative estimate of drug-likeness (QED) is 0.790. The zero-order chi connectivity index (χ0) is 18.6. The minimum Gasteiger partial charge on any atom is -0.508 e. The predicted molar refractivity (Wildman–Crippen MR) is 98.8 cm³/mol. The molecule has 3 aliphatic carbocycles. The minimum atomic E-state index is -0.610. The molecule has 4 rings (SSSR count). The van der Waals surface area contributed by atoms with E-state index in [1.54, 1.807) is 6.07 Å². The third-order valence-electron chi connectivity index (χ3n) is 7.37. The summed E-state index contributed by atoms with van der Waals surface area (Å²) in [4.78, 5) is 12.5. The zero-order valence-corrected chi connectivity index (χ0v) is 15.9. The van der Waals surface area contributed by atoms with Crippen molar-refractivity contribution in [2.45, 2.75) is 71.0 Å². The summed E-state index contributed by atoms with van der Waals surface area (Å²) in [5, 5.41) is 20.8. The molecule has 142 valence electrons. The maximum atomic E-state index is 12.5. The van der Waals surface area contributed by atoms with Gasteiger partial charge in [-0.1, -0.05) is 13.0 Å². The molecule has 4 heteroatoms. The van der Waals surface area contributed by atoms with E-state index < -0.39 is 12.0 Å². The molecule has 0 saturated heterocycles. The first-order valence-corrected chi connectivity index (χ1v) is 10.0. The zero-order valence-electron chi connectivity index (χ0n) is 15.9. The molecule has 0 aliphatic heterocycles. The molecular formula is C22H30O4. The van der Waals surface area contributed by atoms with Gasteiger partial charge >= 0.3 is 5.97 Å². The molecule has 3 aliphatic rings. The number of hydrogen-bond acceptors (Lipinski definition) is 4. The third-order valence-corrected chi connectivity index (χ3v) is 7.37. The number of phenols is 1. The number of carbonyl (C=O) groups is 1. The Balaban J connectivity index is 1.62. The van der Waals surface area contributed by atoms with Crippen molar-refractivity contribution in [1.82, 2.24) is 0 Å². The van der Waals surface area contributed by atoms with E-state index >= 15 is 0 Å². The molecule has 0 unspecified atom stereocenters. The Bertz CT molecular complexity index is 712. The van der Waals surface area contributed by atoms with Crippen molar-refractivity contribution in [3.05, 3.63) is 29.3 Å². The highest BCUT2D eigenvalue weighted by Crippen LogP contribution is 2.62. The van der Waals surface area contributed by atoms with Crippen molar-refractivity contribution in [2.75, 3.05) is 0 Å². The standard InChI is InChI=1S/C22H30O4/c1-12(2)26-21(25)18-11-19-17-6-4-13-10-14(23)5-7-15(13)16(17)8-9-22(19,3)20(18)24/h5,7,10,12,16-20,23-24H,4,6,8-9,11H2,1-3H3/t16-,17-,18-,19+,20+,22+/m1/s1. The summed E-state index contributed by atoms with van der Waals surface area (Å²) >= 11 is 0. The number of aryl methyl sites for hydroxylation is 1. The number of fused-ring (bicyclic) bond motifs is 5. The van der Waals surface area contributed by atoms with Crippen LogP contribution in [0.15, 0.2) is 18.2 Å². The predicted octanol–water partition coefficient (Wildman–Crippen LogP) is 3.79. The van der Waals surface area contributed by atoms with Gasteiger partial charge in [-0.15, -0.1) is 0 Å². The van der Waals surface area contributed by atoms with Gasteiger partial charge in [0.2, 0.25) is 0 Å². The van der Waals surface area contributed by atoms with Crippen molar-refractivity contribution < 1.29 is 19.7 Å². The van der Waals surface area contributed by atoms with Gasteiger partial charge in [0.1, 0.15) is 5.75 Å². The molecule has 4 nitrogen and oxygen atoms in total. The van der Waals surface area contributed by atoms with E-state index in [0.29, 0.717) is 23.5 Å². The molecule has 1 aromatic carbocycles. The summed E-state index contributed by atoms with van der Waals surface area (Å²) in [6, 6.07) is 5.78. The van der Waals surface area contributed by atoms with Crippen molar-refractivity contribution in [2.24, 2.45) is 23.2 Å². The SMILES string of the molecule is CC(C)OC(=O)[C@@H]1C[C@H]2[C@@H]3CCc4cc(O)ccc4[C@H]3CC[C@]2(C)[C@H]1O. The average molecular weight is 358 g/mol. The topological polar surface area (TPSA) is 66.8 Å². The van der Waals surface area contributed by atoms with Gasteiger partial charge in [-0.2, -0.15) is 0 Å². The van der Waals surface area contributed by atoms with Gasteiger partial charge in [-0.05, 0) is 92.4 Å². The Morgan fingerprint density at radius 1 is 1.31 bits per heavy atom. The van der Waals surface area contributed by atoms with Crippen LogP contribution in [0.4, 0.5) is 0 Å². The van der Waals surface area contributed by atoms with Crippen LogP contribution in [0.25, 0.3) is 0 Å². The minimum absolute atomic E-state index is 0.146. The summed E-state index contributed by atoms with van der Waals surface area (Å²) in [5.74, 6) is 1.04. The van der Waals surface area contributed by atoms with E-state index in [1.807, 2.05) is 19.9 Å². The van der Waals surface area contributed by atoms with E-state index in [0.717, 1.165) is 32.1 Å². The first-order valence-electron chi connectivity index (χ1n) is 10.0. The molecule has 0 spiro atoms. The molecule has 26 heavy (non-hydrogen) atoms. The smallest absolute Gasteiger partial charge is 0.311 e. The van der Waals surface area contributed by atoms with Gasteiger partial charge in [-0.25, -0.2) is 0 Å². The summed E-state index contributed by atoms with van der Waals surface area (Å²) in [5.41, 5.74) is 2.43. The summed E-state index contributed by atoms with van der Waals surface area (Å²) in [6.45, 7) is 5.89. The van der Waals surface area contributed by atoms with Crippen LogP contribution in [0.5, 0.6) is 5.75 Å². The molecule has 0 radical (unpaired) electrons. The largest absolute Gasteiger partial charge is 0.508 e. The van der Waals surface area contributed by atoms with E-state index in [-0.39, 0.29) is 17.5 Å². The lowest BCUT2D eigenvalue weighted by Crippen LogP contribution is -2.45. The highest BCUT2D eigenvalue weighted by molar-refractivity contribution is 5.74. The highest BCUT2D eigenvalue weighted by atomic mass is 16.5. The highest BCUT2D eigenvalue weighted by Gasteiger charge is 2.59. The van der Waals surface area contributed by atoms with E-state index in [4.69, 9.17) is 4.74 Å². The number of carbonyl (C=O) groups excluding carboxylic acids is 1. The number of aliphatic hydroxyl groups excluding tert-OH is 1.